The van der Waals surface area contributed by atoms with E-state index < -0.39 is 17.1 Å². The van der Waals surface area contributed by atoms with E-state index in [0.717, 1.165) is 35.1 Å². The van der Waals surface area contributed by atoms with Gasteiger partial charge in [-0.2, -0.15) is 9.72 Å². The average molecular weight is 406 g/mol. The standard InChI is InChI=1S/C23H26N4O3/c1-13-4-8-18-15(10-13)5-6-16-11-17(20(25)28)7-9-19(16)23(18,12-14(2)24)21-26-22(29)30-27(21)3/h4,7-11,14H,5-6,12,24H2,1-3H3,(H2,25,28)/t14-,23?/m0/s1. The smallest absolute Gasteiger partial charge is 0.366 e. The molecule has 4 rings (SSSR count). The van der Waals surface area contributed by atoms with Gasteiger partial charge in [0.05, 0.1) is 5.41 Å². The molecule has 0 saturated carbocycles. The van der Waals surface area contributed by atoms with Gasteiger partial charge in [-0.25, -0.2) is 4.79 Å². The number of hydrogen-bond donors (Lipinski definition) is 2. The molecule has 1 aromatic heterocycles. The van der Waals surface area contributed by atoms with E-state index in [9.17, 15) is 9.59 Å². The van der Waals surface area contributed by atoms with Crippen molar-refractivity contribution in [2.45, 2.75) is 44.6 Å². The topological polar surface area (TPSA) is 117 Å². The maximum atomic E-state index is 12.1. The lowest BCUT2D eigenvalue weighted by atomic mass is 9.67. The van der Waals surface area contributed by atoms with Gasteiger partial charge < -0.3 is 16.0 Å². The van der Waals surface area contributed by atoms with Crippen molar-refractivity contribution < 1.29 is 9.32 Å². The van der Waals surface area contributed by atoms with Crippen LogP contribution in [0, 0.1) is 6.92 Å². The minimum absolute atomic E-state index is 0.187. The molecule has 156 valence electrons. The summed E-state index contributed by atoms with van der Waals surface area (Å²) in [5.74, 6) is -0.614. The Morgan fingerprint density at radius 3 is 2.40 bits per heavy atom. The van der Waals surface area contributed by atoms with Gasteiger partial charge in [-0.3, -0.25) is 4.79 Å². The van der Waals surface area contributed by atoms with Crippen LogP contribution in [0.1, 0.15) is 57.3 Å². The van der Waals surface area contributed by atoms with Gasteiger partial charge in [0.15, 0.2) is 5.82 Å². The Hall–Kier alpha value is -3.19. The number of nitrogens with zero attached hydrogens (tertiary/aromatic N) is 2. The first kappa shape index (κ1) is 20.1. The summed E-state index contributed by atoms with van der Waals surface area (Å²) < 4.78 is 6.70. The molecule has 4 N–H and O–H groups in total. The van der Waals surface area contributed by atoms with Crippen LogP contribution < -0.4 is 17.2 Å². The molecule has 0 aliphatic heterocycles. The number of aromatic nitrogens is 2. The lowest BCUT2D eigenvalue weighted by molar-refractivity contribution is 0.1000. The normalized spacial score (nSPS) is 18.9. The first-order valence-electron chi connectivity index (χ1n) is 10.1. The van der Waals surface area contributed by atoms with Gasteiger partial charge >= 0.3 is 5.76 Å². The first-order valence-corrected chi connectivity index (χ1v) is 10.1. The molecule has 1 unspecified atom stereocenters. The highest BCUT2D eigenvalue weighted by molar-refractivity contribution is 5.93. The molecule has 0 fully saturated rings. The van der Waals surface area contributed by atoms with Crippen molar-refractivity contribution >= 4 is 5.91 Å². The van der Waals surface area contributed by atoms with Crippen molar-refractivity contribution in [3.8, 4) is 0 Å². The zero-order valence-electron chi connectivity index (χ0n) is 17.4. The van der Waals surface area contributed by atoms with Gasteiger partial charge in [0.1, 0.15) is 0 Å². The first-order chi connectivity index (χ1) is 14.2. The Morgan fingerprint density at radius 2 is 1.83 bits per heavy atom. The van der Waals surface area contributed by atoms with Gasteiger partial charge in [0.2, 0.25) is 5.91 Å². The number of hydrogen-bond acceptors (Lipinski definition) is 5. The Labute approximate surface area is 174 Å². The minimum atomic E-state index is -0.792. The minimum Gasteiger partial charge on any atom is -0.366 e. The fourth-order valence-corrected chi connectivity index (χ4v) is 4.87. The van der Waals surface area contributed by atoms with E-state index in [-0.39, 0.29) is 6.04 Å². The second-order valence-corrected chi connectivity index (χ2v) is 8.27. The third-order valence-electron chi connectivity index (χ3n) is 5.95. The molecule has 2 atom stereocenters. The van der Waals surface area contributed by atoms with Gasteiger partial charge in [0, 0.05) is 18.7 Å². The SMILES string of the molecule is Cc1ccc2c(c1)CCc1cc(C(N)=O)ccc1C2(C[C@H](C)N)c1nc(=O)on1C. The summed E-state index contributed by atoms with van der Waals surface area (Å²) >= 11 is 0. The van der Waals surface area contributed by atoms with Crippen LogP contribution in [-0.2, 0) is 25.3 Å². The van der Waals surface area contributed by atoms with E-state index in [2.05, 4.69) is 30.1 Å². The molecule has 7 heteroatoms. The van der Waals surface area contributed by atoms with E-state index in [1.165, 1.54) is 10.3 Å². The van der Waals surface area contributed by atoms with Crippen LogP contribution in [0.25, 0.3) is 0 Å². The summed E-state index contributed by atoms with van der Waals surface area (Å²) in [6, 6.07) is 11.7. The predicted molar refractivity (Wildman–Crippen MR) is 113 cm³/mol. The Balaban J connectivity index is 2.14. The van der Waals surface area contributed by atoms with Gasteiger partial charge in [-0.15, -0.1) is 0 Å². The number of carbonyl (C=O) groups is 1. The molecule has 0 saturated heterocycles. The monoisotopic (exact) mass is 406 g/mol. The molecule has 0 radical (unpaired) electrons. The molecule has 1 heterocycles. The summed E-state index contributed by atoms with van der Waals surface area (Å²) in [6.07, 6.45) is 2.05. The van der Waals surface area contributed by atoms with Crippen LogP contribution in [0.15, 0.2) is 45.7 Å². The molecule has 3 aromatic rings. The van der Waals surface area contributed by atoms with E-state index in [1.807, 2.05) is 19.1 Å². The quantitative estimate of drug-likeness (QED) is 0.687. The lowest BCUT2D eigenvalue weighted by Gasteiger charge is -2.36. The van der Waals surface area contributed by atoms with Crippen molar-refractivity contribution in [3.63, 3.8) is 0 Å². The van der Waals surface area contributed by atoms with Crippen LogP contribution in [0.5, 0.6) is 0 Å². The van der Waals surface area contributed by atoms with Crippen molar-refractivity contribution in [3.05, 3.63) is 86.2 Å². The number of rotatable bonds is 4. The van der Waals surface area contributed by atoms with E-state index in [4.69, 9.17) is 16.0 Å². The molecule has 0 spiro atoms. The molecule has 1 aliphatic rings. The summed E-state index contributed by atoms with van der Waals surface area (Å²) in [7, 11) is 1.68. The third kappa shape index (κ3) is 3.15. The Bertz CT molecular complexity index is 1190. The maximum Gasteiger partial charge on any atom is 0.459 e. The zero-order chi connectivity index (χ0) is 21.6. The summed E-state index contributed by atoms with van der Waals surface area (Å²) in [6.45, 7) is 4.00. The summed E-state index contributed by atoms with van der Waals surface area (Å²) in [5, 5.41) is 0. The molecular weight excluding hydrogens is 380 g/mol. The second kappa shape index (κ2) is 7.25. The highest BCUT2D eigenvalue weighted by Gasteiger charge is 2.45. The number of amides is 1. The average Bonchev–Trinajstić information content (AvgIpc) is 2.96. The number of primary amides is 1. The summed E-state index contributed by atoms with van der Waals surface area (Å²) in [4.78, 5) is 28.2. The van der Waals surface area contributed by atoms with E-state index >= 15 is 0 Å². The second-order valence-electron chi connectivity index (χ2n) is 8.27. The van der Waals surface area contributed by atoms with Crippen LogP contribution in [0.2, 0.25) is 0 Å². The molecule has 0 bridgehead atoms. The number of benzene rings is 2. The highest BCUT2D eigenvalue weighted by Crippen LogP contribution is 2.47. The highest BCUT2D eigenvalue weighted by atomic mass is 16.5. The molecule has 7 nitrogen and oxygen atoms in total. The summed E-state index contributed by atoms with van der Waals surface area (Å²) in [5.41, 5.74) is 16.9. The van der Waals surface area contributed by atoms with Crippen LogP contribution in [0.4, 0.5) is 0 Å². The van der Waals surface area contributed by atoms with Crippen molar-refractivity contribution in [2.24, 2.45) is 18.5 Å². The third-order valence-corrected chi connectivity index (χ3v) is 5.95. The van der Waals surface area contributed by atoms with E-state index in [1.54, 1.807) is 13.1 Å². The number of nitrogens with two attached hydrogens (primary N) is 2. The largest absolute Gasteiger partial charge is 0.459 e. The Morgan fingerprint density at radius 1 is 1.20 bits per heavy atom. The van der Waals surface area contributed by atoms with Crippen LogP contribution >= 0.6 is 0 Å². The predicted octanol–water partition coefficient (Wildman–Crippen LogP) is 1.95. The molecular formula is C23H26N4O3. The van der Waals surface area contributed by atoms with Crippen LogP contribution in [-0.4, -0.2) is 21.7 Å². The number of carbonyl (C=O) groups excluding carboxylic acids is 1. The van der Waals surface area contributed by atoms with Crippen molar-refractivity contribution in [2.75, 3.05) is 0 Å². The Kier molecular flexibility index (Phi) is 4.86. The van der Waals surface area contributed by atoms with Gasteiger partial charge in [-0.1, -0.05) is 29.8 Å². The molecule has 1 aliphatic carbocycles. The molecule has 1 amide bonds. The fraction of sp³-hybridized carbons (Fsp3) is 0.348. The number of fused-ring (bicyclic) bond motifs is 2. The van der Waals surface area contributed by atoms with Crippen LogP contribution in [0.3, 0.4) is 0 Å². The fourth-order valence-electron chi connectivity index (χ4n) is 4.87. The number of aryl methyl sites for hydroxylation is 4. The van der Waals surface area contributed by atoms with Gasteiger partial charge in [0.25, 0.3) is 0 Å². The molecule has 30 heavy (non-hydrogen) atoms. The van der Waals surface area contributed by atoms with Crippen molar-refractivity contribution in [1.82, 2.24) is 9.72 Å². The maximum absolute atomic E-state index is 12.1. The van der Waals surface area contributed by atoms with E-state index in [0.29, 0.717) is 17.8 Å². The van der Waals surface area contributed by atoms with Gasteiger partial charge in [-0.05, 0) is 67.5 Å². The lowest BCUT2D eigenvalue weighted by Crippen LogP contribution is -2.39. The molecule has 2 aromatic carbocycles. The zero-order valence-corrected chi connectivity index (χ0v) is 17.4. The van der Waals surface area contributed by atoms with Crippen molar-refractivity contribution in [1.29, 1.82) is 0 Å².